The zero-order valence-electron chi connectivity index (χ0n) is 22.4. The van der Waals surface area contributed by atoms with Gasteiger partial charge in [0.05, 0.1) is 11.0 Å². The van der Waals surface area contributed by atoms with Crippen molar-refractivity contribution in [1.29, 1.82) is 0 Å². The standard InChI is InChI=1S/C37H22N4S/c1-3-11-23(12-4-1)35-38-36(24-13-5-2-6-14-24)40-37(39-35)41-30-17-9-7-16-27(30)34-28-22-29-26-15-8-10-18-32(26)42-33(29)21-25(28)19-20-31(34)41/h1-22H. The number of hydrogen-bond acceptors (Lipinski definition) is 4. The van der Waals surface area contributed by atoms with Crippen LogP contribution in [0.25, 0.3) is 81.5 Å². The first kappa shape index (κ1) is 23.3. The molecule has 5 heteroatoms. The van der Waals surface area contributed by atoms with Crippen LogP contribution in [-0.4, -0.2) is 19.5 Å². The van der Waals surface area contributed by atoms with Gasteiger partial charge in [0.1, 0.15) is 0 Å². The van der Waals surface area contributed by atoms with Crippen LogP contribution in [0.2, 0.25) is 0 Å². The van der Waals surface area contributed by atoms with E-state index in [0.29, 0.717) is 17.6 Å². The van der Waals surface area contributed by atoms with Crippen molar-refractivity contribution >= 4 is 64.1 Å². The van der Waals surface area contributed by atoms with E-state index in [4.69, 9.17) is 15.0 Å². The Bertz CT molecular complexity index is 2400. The van der Waals surface area contributed by atoms with E-state index in [1.807, 2.05) is 72.0 Å². The monoisotopic (exact) mass is 554 g/mol. The molecule has 3 heterocycles. The number of thiophene rings is 1. The lowest BCUT2D eigenvalue weighted by atomic mass is 10.0. The summed E-state index contributed by atoms with van der Waals surface area (Å²) in [5.41, 5.74) is 4.05. The van der Waals surface area contributed by atoms with Crippen LogP contribution in [0.4, 0.5) is 0 Å². The van der Waals surface area contributed by atoms with Crippen LogP contribution >= 0.6 is 11.3 Å². The van der Waals surface area contributed by atoms with Crippen molar-refractivity contribution in [3.8, 4) is 28.7 Å². The number of fused-ring (bicyclic) bond motifs is 8. The van der Waals surface area contributed by atoms with Gasteiger partial charge in [0, 0.05) is 42.1 Å². The first-order chi connectivity index (χ1) is 20.8. The van der Waals surface area contributed by atoms with E-state index < -0.39 is 0 Å². The molecular weight excluding hydrogens is 533 g/mol. The molecule has 42 heavy (non-hydrogen) atoms. The van der Waals surface area contributed by atoms with Gasteiger partial charge in [0.25, 0.3) is 0 Å². The predicted octanol–water partition coefficient (Wildman–Crippen LogP) is 9.82. The van der Waals surface area contributed by atoms with Crippen LogP contribution in [0.5, 0.6) is 0 Å². The van der Waals surface area contributed by atoms with Gasteiger partial charge in [-0.2, -0.15) is 9.97 Å². The van der Waals surface area contributed by atoms with Gasteiger partial charge in [-0.25, -0.2) is 4.98 Å². The largest absolute Gasteiger partial charge is 0.278 e. The summed E-state index contributed by atoms with van der Waals surface area (Å²) in [4.78, 5) is 15.1. The molecule has 0 N–H and O–H groups in total. The second-order valence-electron chi connectivity index (χ2n) is 10.5. The highest BCUT2D eigenvalue weighted by molar-refractivity contribution is 7.25. The summed E-state index contributed by atoms with van der Waals surface area (Å²) in [7, 11) is 0. The van der Waals surface area contributed by atoms with Gasteiger partial charge in [-0.3, -0.25) is 4.57 Å². The molecule has 0 saturated carbocycles. The van der Waals surface area contributed by atoms with E-state index in [0.717, 1.165) is 22.2 Å². The van der Waals surface area contributed by atoms with Gasteiger partial charge >= 0.3 is 0 Å². The Kier molecular flexibility index (Phi) is 5.03. The van der Waals surface area contributed by atoms with Crippen molar-refractivity contribution in [2.24, 2.45) is 0 Å². The van der Waals surface area contributed by atoms with Crippen molar-refractivity contribution in [3.63, 3.8) is 0 Å². The fourth-order valence-corrected chi connectivity index (χ4v) is 7.26. The van der Waals surface area contributed by atoms with Crippen LogP contribution in [0.1, 0.15) is 0 Å². The second kappa shape index (κ2) is 9.06. The molecular formula is C37H22N4S. The summed E-state index contributed by atoms with van der Waals surface area (Å²) in [5, 5.41) is 7.46. The lowest BCUT2D eigenvalue weighted by molar-refractivity contribution is 0.953. The van der Waals surface area contributed by atoms with Crippen LogP contribution in [0.15, 0.2) is 133 Å². The van der Waals surface area contributed by atoms with Gasteiger partial charge in [0.2, 0.25) is 5.95 Å². The van der Waals surface area contributed by atoms with Crippen molar-refractivity contribution in [3.05, 3.63) is 133 Å². The minimum Gasteiger partial charge on any atom is -0.278 e. The summed E-state index contributed by atoms with van der Waals surface area (Å²) < 4.78 is 4.82. The number of para-hydroxylation sites is 1. The molecule has 0 saturated heterocycles. The van der Waals surface area contributed by atoms with Gasteiger partial charge in [-0.05, 0) is 41.1 Å². The molecule has 0 aliphatic carbocycles. The number of nitrogens with zero attached hydrogens (tertiary/aromatic N) is 4. The first-order valence-electron chi connectivity index (χ1n) is 14.0. The molecule has 0 spiro atoms. The van der Waals surface area contributed by atoms with E-state index in [1.165, 1.54) is 41.7 Å². The fraction of sp³-hybridized carbons (Fsp3) is 0. The molecule has 0 fully saturated rings. The first-order valence-corrected chi connectivity index (χ1v) is 14.8. The molecule has 3 aromatic heterocycles. The average Bonchev–Trinajstić information content (AvgIpc) is 3.59. The maximum absolute atomic E-state index is 5.08. The molecule has 0 aliphatic rings. The fourth-order valence-electron chi connectivity index (χ4n) is 6.12. The molecule has 6 aromatic carbocycles. The summed E-state index contributed by atoms with van der Waals surface area (Å²) in [5.74, 6) is 1.91. The van der Waals surface area contributed by atoms with Crippen LogP contribution in [0, 0.1) is 0 Å². The second-order valence-corrected chi connectivity index (χ2v) is 11.6. The molecule has 0 unspecified atom stereocenters. The maximum Gasteiger partial charge on any atom is 0.238 e. The van der Waals surface area contributed by atoms with E-state index in [9.17, 15) is 0 Å². The molecule has 0 amide bonds. The quantitative estimate of drug-likeness (QED) is 0.218. The van der Waals surface area contributed by atoms with E-state index >= 15 is 0 Å². The van der Waals surface area contributed by atoms with Crippen molar-refractivity contribution in [1.82, 2.24) is 19.5 Å². The molecule has 4 nitrogen and oxygen atoms in total. The minimum atomic E-state index is 0.607. The molecule has 0 atom stereocenters. The average molecular weight is 555 g/mol. The van der Waals surface area contributed by atoms with Gasteiger partial charge in [0.15, 0.2) is 11.6 Å². The molecule has 9 rings (SSSR count). The molecule has 9 aromatic rings. The molecule has 0 bridgehead atoms. The maximum atomic E-state index is 5.08. The Morgan fingerprint density at radius 2 is 1.10 bits per heavy atom. The number of hydrogen-bond donors (Lipinski definition) is 0. The zero-order chi connectivity index (χ0) is 27.6. The van der Waals surface area contributed by atoms with Gasteiger partial charge < -0.3 is 0 Å². The van der Waals surface area contributed by atoms with Crippen LogP contribution in [0.3, 0.4) is 0 Å². The third kappa shape index (κ3) is 3.51. The summed E-state index contributed by atoms with van der Waals surface area (Å²) in [6.07, 6.45) is 0. The Morgan fingerprint density at radius 1 is 0.452 bits per heavy atom. The third-order valence-corrected chi connectivity index (χ3v) is 9.17. The Balaban J connectivity index is 1.39. The zero-order valence-corrected chi connectivity index (χ0v) is 23.2. The van der Waals surface area contributed by atoms with E-state index in [2.05, 4.69) is 77.4 Å². The van der Waals surface area contributed by atoms with Crippen LogP contribution < -0.4 is 0 Å². The Hall–Kier alpha value is -5.39. The van der Waals surface area contributed by atoms with Crippen molar-refractivity contribution in [2.75, 3.05) is 0 Å². The summed E-state index contributed by atoms with van der Waals surface area (Å²) in [6, 6.07) is 46.7. The Morgan fingerprint density at radius 3 is 1.83 bits per heavy atom. The summed E-state index contributed by atoms with van der Waals surface area (Å²) in [6.45, 7) is 0. The smallest absolute Gasteiger partial charge is 0.238 e. The highest BCUT2D eigenvalue weighted by atomic mass is 32.1. The van der Waals surface area contributed by atoms with Crippen molar-refractivity contribution < 1.29 is 0 Å². The number of benzene rings is 6. The lowest BCUT2D eigenvalue weighted by Gasteiger charge is -2.11. The van der Waals surface area contributed by atoms with E-state index in [-0.39, 0.29) is 0 Å². The number of aromatic nitrogens is 4. The Labute approximate surface area is 245 Å². The SMILES string of the molecule is c1ccc(-c2nc(-c3ccccc3)nc(-n3c4ccccc4c4c5cc6c(cc5ccc43)sc3ccccc36)n2)cc1. The van der Waals surface area contributed by atoms with Crippen LogP contribution in [-0.2, 0) is 0 Å². The molecule has 0 radical (unpaired) electrons. The highest BCUT2D eigenvalue weighted by Crippen LogP contribution is 2.41. The third-order valence-electron chi connectivity index (χ3n) is 8.04. The predicted molar refractivity (Wildman–Crippen MR) is 175 cm³/mol. The topological polar surface area (TPSA) is 43.6 Å². The lowest BCUT2D eigenvalue weighted by Crippen LogP contribution is -2.06. The minimum absolute atomic E-state index is 0.607. The highest BCUT2D eigenvalue weighted by Gasteiger charge is 2.19. The molecule has 196 valence electrons. The molecule has 0 aliphatic heterocycles. The number of rotatable bonds is 3. The van der Waals surface area contributed by atoms with Crippen molar-refractivity contribution in [2.45, 2.75) is 0 Å². The van der Waals surface area contributed by atoms with E-state index in [1.54, 1.807) is 0 Å². The normalized spacial score (nSPS) is 11.8. The van der Waals surface area contributed by atoms with Gasteiger partial charge in [-0.15, -0.1) is 11.3 Å². The van der Waals surface area contributed by atoms with Gasteiger partial charge in [-0.1, -0.05) is 103 Å². The summed E-state index contributed by atoms with van der Waals surface area (Å²) >= 11 is 1.85.